The van der Waals surface area contributed by atoms with Crippen LogP contribution in [0.5, 0.6) is 0 Å². The summed E-state index contributed by atoms with van der Waals surface area (Å²) in [6.07, 6.45) is 2.95. The zero-order chi connectivity index (χ0) is 18.1. The van der Waals surface area contributed by atoms with E-state index in [4.69, 9.17) is 0 Å². The van der Waals surface area contributed by atoms with Gasteiger partial charge in [0, 0.05) is 11.9 Å². The number of pyridine rings is 2. The van der Waals surface area contributed by atoms with Crippen LogP contribution < -0.4 is 5.32 Å². The van der Waals surface area contributed by atoms with Gasteiger partial charge in [0.15, 0.2) is 5.65 Å². The van der Waals surface area contributed by atoms with Gasteiger partial charge >= 0.3 is 5.97 Å². The molecule has 0 saturated heterocycles. The van der Waals surface area contributed by atoms with Crippen LogP contribution >= 0.6 is 0 Å². The Balaban J connectivity index is 1.90. The van der Waals surface area contributed by atoms with Crippen molar-refractivity contribution in [3.05, 3.63) is 72.2 Å². The first-order valence-electron chi connectivity index (χ1n) is 7.99. The number of hydrogen-bond donors (Lipinski definition) is 2. The van der Waals surface area contributed by atoms with Crippen molar-refractivity contribution in [3.63, 3.8) is 0 Å². The Hall–Kier alpha value is -3.74. The van der Waals surface area contributed by atoms with Gasteiger partial charge in [-0.25, -0.2) is 19.4 Å². The van der Waals surface area contributed by atoms with E-state index >= 15 is 0 Å². The second-order valence-corrected chi connectivity index (χ2v) is 5.77. The number of aromatic nitrogens is 4. The monoisotopic (exact) mass is 345 g/mol. The van der Waals surface area contributed by atoms with Crippen LogP contribution in [0, 0.1) is 6.92 Å². The average Bonchev–Trinajstić information content (AvgIpc) is 3.07. The summed E-state index contributed by atoms with van der Waals surface area (Å²) in [5, 5.41) is 17.7. The number of aryl methyl sites for hydroxylation is 1. The van der Waals surface area contributed by atoms with Crippen molar-refractivity contribution in [2.45, 2.75) is 6.92 Å². The van der Waals surface area contributed by atoms with Gasteiger partial charge in [-0.15, -0.1) is 0 Å². The summed E-state index contributed by atoms with van der Waals surface area (Å²) in [6, 6.07) is 15.1. The third kappa shape index (κ3) is 2.75. The number of carbonyl (C=O) groups is 1. The van der Waals surface area contributed by atoms with Gasteiger partial charge in [0.1, 0.15) is 11.4 Å². The van der Waals surface area contributed by atoms with Crippen molar-refractivity contribution in [1.82, 2.24) is 19.7 Å². The molecule has 0 fully saturated rings. The summed E-state index contributed by atoms with van der Waals surface area (Å²) >= 11 is 0. The number of aromatic carboxylic acids is 1. The molecular weight excluding hydrogens is 330 g/mol. The fourth-order valence-electron chi connectivity index (χ4n) is 2.77. The van der Waals surface area contributed by atoms with Crippen LogP contribution in [-0.4, -0.2) is 30.8 Å². The van der Waals surface area contributed by atoms with Gasteiger partial charge in [-0.2, -0.15) is 5.10 Å². The molecule has 1 aromatic carbocycles. The number of benzene rings is 1. The van der Waals surface area contributed by atoms with Crippen LogP contribution in [0.4, 0.5) is 11.5 Å². The Morgan fingerprint density at radius 3 is 2.62 bits per heavy atom. The van der Waals surface area contributed by atoms with E-state index in [-0.39, 0.29) is 5.56 Å². The Kier molecular flexibility index (Phi) is 3.81. The Morgan fingerprint density at radius 2 is 1.88 bits per heavy atom. The molecule has 0 unspecified atom stereocenters. The van der Waals surface area contributed by atoms with E-state index in [1.54, 1.807) is 16.9 Å². The summed E-state index contributed by atoms with van der Waals surface area (Å²) in [6.45, 7) is 1.87. The summed E-state index contributed by atoms with van der Waals surface area (Å²) in [4.78, 5) is 20.4. The minimum atomic E-state index is -1.07. The van der Waals surface area contributed by atoms with Crippen LogP contribution in [0.3, 0.4) is 0 Å². The molecular formula is C19H15N5O2. The molecule has 0 aliphatic carbocycles. The van der Waals surface area contributed by atoms with Crippen molar-refractivity contribution in [2.24, 2.45) is 0 Å². The fourth-order valence-corrected chi connectivity index (χ4v) is 2.77. The van der Waals surface area contributed by atoms with Crippen LogP contribution in [0.2, 0.25) is 0 Å². The van der Waals surface area contributed by atoms with Crippen LogP contribution in [0.1, 0.15) is 16.1 Å². The standard InChI is InChI=1S/C19H15N5O2/c1-12-6-5-9-16(22-12)23-17-14-11-21-24(13-7-3-2-4-8-13)18(14)20-10-15(17)19(25)26/h2-11H,1H3,(H,25,26)(H,20,22,23). The van der Waals surface area contributed by atoms with Crippen LogP contribution in [0.15, 0.2) is 60.9 Å². The van der Waals surface area contributed by atoms with E-state index in [9.17, 15) is 9.90 Å². The Morgan fingerprint density at radius 1 is 1.08 bits per heavy atom. The highest BCUT2D eigenvalue weighted by molar-refractivity contribution is 6.04. The van der Waals surface area contributed by atoms with Crippen molar-refractivity contribution < 1.29 is 9.90 Å². The van der Waals surface area contributed by atoms with Gasteiger partial charge in [0.2, 0.25) is 0 Å². The number of rotatable bonds is 4. The highest BCUT2D eigenvalue weighted by atomic mass is 16.4. The first-order chi connectivity index (χ1) is 12.6. The first kappa shape index (κ1) is 15.8. The molecule has 128 valence electrons. The molecule has 0 spiro atoms. The van der Waals surface area contributed by atoms with Crippen molar-refractivity contribution in [3.8, 4) is 5.69 Å². The molecule has 0 amide bonds. The third-order valence-electron chi connectivity index (χ3n) is 3.97. The van der Waals surface area contributed by atoms with Crippen LogP contribution in [-0.2, 0) is 0 Å². The second kappa shape index (κ2) is 6.29. The molecule has 0 aliphatic heterocycles. The number of para-hydroxylation sites is 1. The molecule has 4 aromatic rings. The van der Waals surface area contributed by atoms with Gasteiger partial charge in [-0.3, -0.25) is 0 Å². The lowest BCUT2D eigenvalue weighted by Gasteiger charge is -2.11. The van der Waals surface area contributed by atoms with Crippen molar-refractivity contribution in [1.29, 1.82) is 0 Å². The third-order valence-corrected chi connectivity index (χ3v) is 3.97. The lowest BCUT2D eigenvalue weighted by molar-refractivity contribution is 0.0697. The van der Waals surface area contributed by atoms with Crippen molar-refractivity contribution >= 4 is 28.5 Å². The predicted molar refractivity (Wildman–Crippen MR) is 98.1 cm³/mol. The van der Waals surface area contributed by atoms with E-state index in [0.29, 0.717) is 22.5 Å². The molecule has 0 saturated carbocycles. The highest BCUT2D eigenvalue weighted by Crippen LogP contribution is 2.29. The Bertz CT molecular complexity index is 1110. The van der Waals surface area contributed by atoms with E-state index in [2.05, 4.69) is 20.4 Å². The number of anilines is 2. The number of nitrogens with zero attached hydrogens (tertiary/aromatic N) is 4. The lowest BCUT2D eigenvalue weighted by atomic mass is 10.1. The molecule has 0 bridgehead atoms. The maximum atomic E-state index is 11.7. The lowest BCUT2D eigenvalue weighted by Crippen LogP contribution is -2.06. The predicted octanol–water partition coefficient (Wildman–Crippen LogP) is 3.57. The van der Waals surface area contributed by atoms with Gasteiger partial charge in [0.25, 0.3) is 0 Å². The average molecular weight is 345 g/mol. The molecule has 3 heterocycles. The molecule has 26 heavy (non-hydrogen) atoms. The Labute approximate surface area is 149 Å². The molecule has 0 aliphatic rings. The van der Waals surface area contributed by atoms with E-state index in [1.165, 1.54) is 6.20 Å². The van der Waals surface area contributed by atoms with Gasteiger partial charge in [0.05, 0.1) is 23.0 Å². The number of carboxylic acids is 1. The maximum absolute atomic E-state index is 11.7. The normalized spacial score (nSPS) is 10.8. The maximum Gasteiger partial charge on any atom is 0.339 e. The number of fused-ring (bicyclic) bond motifs is 1. The molecule has 2 N–H and O–H groups in total. The largest absolute Gasteiger partial charge is 0.478 e. The number of carboxylic acid groups (broad SMARTS) is 1. The van der Waals surface area contributed by atoms with E-state index in [0.717, 1.165) is 11.4 Å². The molecule has 0 atom stereocenters. The number of hydrogen-bond acceptors (Lipinski definition) is 5. The molecule has 3 aromatic heterocycles. The minimum Gasteiger partial charge on any atom is -0.478 e. The van der Waals surface area contributed by atoms with Gasteiger partial charge in [-0.05, 0) is 31.2 Å². The van der Waals surface area contributed by atoms with Gasteiger partial charge < -0.3 is 10.4 Å². The highest BCUT2D eigenvalue weighted by Gasteiger charge is 2.18. The minimum absolute atomic E-state index is 0.0633. The molecule has 7 nitrogen and oxygen atoms in total. The first-order valence-corrected chi connectivity index (χ1v) is 7.99. The smallest absolute Gasteiger partial charge is 0.339 e. The zero-order valence-corrected chi connectivity index (χ0v) is 13.9. The van der Waals surface area contributed by atoms with E-state index < -0.39 is 5.97 Å². The summed E-state index contributed by atoms with van der Waals surface area (Å²) in [7, 11) is 0. The topological polar surface area (TPSA) is 92.9 Å². The van der Waals surface area contributed by atoms with Crippen molar-refractivity contribution in [2.75, 3.05) is 5.32 Å². The SMILES string of the molecule is Cc1cccc(Nc2c(C(=O)O)cnc3c2cnn3-c2ccccc2)n1. The van der Waals surface area contributed by atoms with Crippen LogP contribution in [0.25, 0.3) is 16.7 Å². The van der Waals surface area contributed by atoms with Gasteiger partial charge in [-0.1, -0.05) is 24.3 Å². The molecule has 7 heteroatoms. The molecule has 0 radical (unpaired) electrons. The fraction of sp³-hybridized carbons (Fsp3) is 0.0526. The van der Waals surface area contributed by atoms with E-state index in [1.807, 2.05) is 49.4 Å². The zero-order valence-electron chi connectivity index (χ0n) is 13.9. The summed E-state index contributed by atoms with van der Waals surface area (Å²) in [5.41, 5.74) is 2.72. The summed E-state index contributed by atoms with van der Waals surface area (Å²) < 4.78 is 1.68. The quantitative estimate of drug-likeness (QED) is 0.587. The summed E-state index contributed by atoms with van der Waals surface area (Å²) in [5.74, 6) is -0.505. The molecule has 4 rings (SSSR count). The second-order valence-electron chi connectivity index (χ2n) is 5.77. The number of nitrogens with one attached hydrogen (secondary N) is 1.